The van der Waals surface area contributed by atoms with Gasteiger partial charge in [0.1, 0.15) is 5.75 Å². The minimum absolute atomic E-state index is 0. The summed E-state index contributed by atoms with van der Waals surface area (Å²) in [7, 11) is 0. The van der Waals surface area contributed by atoms with Gasteiger partial charge in [0.05, 0.1) is 6.20 Å². The molecule has 1 aliphatic heterocycles. The number of halogens is 2. The summed E-state index contributed by atoms with van der Waals surface area (Å²) in [5.74, 6) is 0.608. The maximum absolute atomic E-state index is 12.8. The summed E-state index contributed by atoms with van der Waals surface area (Å²) < 4.78 is 6.08. The lowest BCUT2D eigenvalue weighted by Crippen LogP contribution is -2.51. The molecule has 1 unspecified atom stereocenters. The van der Waals surface area contributed by atoms with Crippen LogP contribution in [0, 0.1) is 0 Å². The number of benzene rings is 2. The maximum atomic E-state index is 12.8. The number of pyridine rings is 1. The standard InChI is InChI=1S/C24H26N4O2.2ClH/c29-24(28-15-13-25-14-16-28)27-23(30-22-7-4-12-26-18-22)21-10-8-20(9-11-21)17-19-5-2-1-3-6-19;;/h1-12,18,23,25H,13-17H2,(H,27,29);2*1H. The Morgan fingerprint density at radius 1 is 0.969 bits per heavy atom. The van der Waals surface area contributed by atoms with Gasteiger partial charge in [-0.1, -0.05) is 54.6 Å². The van der Waals surface area contributed by atoms with Crippen LogP contribution in [0.4, 0.5) is 4.79 Å². The number of carbonyl (C=O) groups excluding carboxylic acids is 1. The molecule has 1 atom stereocenters. The first-order chi connectivity index (χ1) is 14.8. The molecule has 0 spiro atoms. The highest BCUT2D eigenvalue weighted by Gasteiger charge is 2.22. The Balaban J connectivity index is 0.00000181. The molecule has 0 bridgehead atoms. The van der Waals surface area contributed by atoms with Gasteiger partial charge in [-0.25, -0.2) is 4.79 Å². The van der Waals surface area contributed by atoms with E-state index in [4.69, 9.17) is 4.74 Å². The highest BCUT2D eigenvalue weighted by atomic mass is 35.5. The van der Waals surface area contributed by atoms with Gasteiger partial charge in [-0.3, -0.25) is 10.3 Å². The van der Waals surface area contributed by atoms with Crippen LogP contribution in [0.25, 0.3) is 0 Å². The van der Waals surface area contributed by atoms with Gasteiger partial charge in [-0.15, -0.1) is 24.8 Å². The third-order valence-electron chi connectivity index (χ3n) is 5.08. The van der Waals surface area contributed by atoms with Crippen LogP contribution in [0.3, 0.4) is 0 Å². The summed E-state index contributed by atoms with van der Waals surface area (Å²) in [5.41, 5.74) is 3.36. The summed E-state index contributed by atoms with van der Waals surface area (Å²) in [6.07, 6.45) is 3.61. The average Bonchev–Trinajstić information content (AvgIpc) is 2.81. The summed E-state index contributed by atoms with van der Waals surface area (Å²) in [4.78, 5) is 18.7. The monoisotopic (exact) mass is 474 g/mol. The summed E-state index contributed by atoms with van der Waals surface area (Å²) in [6, 6.07) is 22.1. The number of urea groups is 1. The van der Waals surface area contributed by atoms with Crippen LogP contribution in [0.1, 0.15) is 22.9 Å². The summed E-state index contributed by atoms with van der Waals surface area (Å²) >= 11 is 0. The Bertz CT molecular complexity index is 937. The van der Waals surface area contributed by atoms with Crippen molar-refractivity contribution in [2.24, 2.45) is 0 Å². The zero-order valence-corrected chi connectivity index (χ0v) is 19.3. The molecule has 32 heavy (non-hydrogen) atoms. The first kappa shape index (κ1) is 25.5. The second-order valence-corrected chi connectivity index (χ2v) is 7.28. The Morgan fingerprint density at radius 2 is 1.66 bits per heavy atom. The number of aromatic nitrogens is 1. The van der Waals surface area contributed by atoms with Crippen LogP contribution in [-0.2, 0) is 6.42 Å². The average molecular weight is 475 g/mol. The fourth-order valence-electron chi connectivity index (χ4n) is 3.45. The highest BCUT2D eigenvalue weighted by molar-refractivity contribution is 5.85. The summed E-state index contributed by atoms with van der Waals surface area (Å²) in [6.45, 7) is 2.97. The molecule has 1 fully saturated rings. The van der Waals surface area contributed by atoms with E-state index in [0.29, 0.717) is 18.8 Å². The van der Waals surface area contributed by atoms with Crippen molar-refractivity contribution >= 4 is 30.8 Å². The first-order valence-corrected chi connectivity index (χ1v) is 10.2. The van der Waals surface area contributed by atoms with E-state index in [-0.39, 0.29) is 30.8 Å². The predicted molar refractivity (Wildman–Crippen MR) is 131 cm³/mol. The zero-order valence-electron chi connectivity index (χ0n) is 17.6. The van der Waals surface area contributed by atoms with E-state index in [9.17, 15) is 4.79 Å². The zero-order chi connectivity index (χ0) is 20.6. The van der Waals surface area contributed by atoms with Gasteiger partial charge in [-0.2, -0.15) is 0 Å². The topological polar surface area (TPSA) is 66.5 Å². The van der Waals surface area contributed by atoms with Crippen molar-refractivity contribution < 1.29 is 9.53 Å². The van der Waals surface area contributed by atoms with Gasteiger partial charge in [0.2, 0.25) is 0 Å². The minimum atomic E-state index is -0.595. The van der Waals surface area contributed by atoms with E-state index < -0.39 is 6.23 Å². The Morgan fingerprint density at radius 3 is 2.31 bits per heavy atom. The van der Waals surface area contributed by atoms with Crippen molar-refractivity contribution in [2.75, 3.05) is 26.2 Å². The van der Waals surface area contributed by atoms with Crippen LogP contribution in [0.2, 0.25) is 0 Å². The Labute approximate surface area is 201 Å². The van der Waals surface area contributed by atoms with Gasteiger partial charge < -0.3 is 15.0 Å². The minimum Gasteiger partial charge on any atom is -0.465 e. The third kappa shape index (κ3) is 7.12. The number of hydrogen-bond acceptors (Lipinski definition) is 4. The lowest BCUT2D eigenvalue weighted by atomic mass is 10.0. The molecular formula is C24H28Cl2N4O2. The van der Waals surface area contributed by atoms with E-state index in [1.807, 2.05) is 42.5 Å². The molecule has 2 N–H and O–H groups in total. The molecule has 6 nitrogen and oxygen atoms in total. The smallest absolute Gasteiger partial charge is 0.320 e. The molecule has 0 radical (unpaired) electrons. The molecule has 2 heterocycles. The van der Waals surface area contributed by atoms with Gasteiger partial charge in [0.15, 0.2) is 6.23 Å². The van der Waals surface area contributed by atoms with Crippen LogP contribution in [0.15, 0.2) is 79.1 Å². The van der Waals surface area contributed by atoms with Crippen LogP contribution in [0.5, 0.6) is 5.75 Å². The maximum Gasteiger partial charge on any atom is 0.320 e. The summed E-state index contributed by atoms with van der Waals surface area (Å²) in [5, 5.41) is 6.29. The van der Waals surface area contributed by atoms with Crippen molar-refractivity contribution in [3.63, 3.8) is 0 Å². The SMILES string of the molecule is Cl.Cl.O=C(NC(Oc1cccnc1)c1ccc(Cc2ccccc2)cc1)N1CCNCC1. The van der Waals surface area contributed by atoms with E-state index >= 15 is 0 Å². The lowest BCUT2D eigenvalue weighted by Gasteiger charge is -2.30. The molecule has 2 aromatic carbocycles. The first-order valence-electron chi connectivity index (χ1n) is 10.2. The van der Waals surface area contributed by atoms with E-state index in [1.165, 1.54) is 11.1 Å². The molecule has 170 valence electrons. The van der Waals surface area contributed by atoms with Crippen molar-refractivity contribution in [1.82, 2.24) is 20.5 Å². The highest BCUT2D eigenvalue weighted by Crippen LogP contribution is 2.21. The number of nitrogens with zero attached hydrogens (tertiary/aromatic N) is 2. The van der Waals surface area contributed by atoms with E-state index in [2.05, 4.69) is 39.9 Å². The largest absolute Gasteiger partial charge is 0.465 e. The van der Waals surface area contributed by atoms with Crippen molar-refractivity contribution in [3.05, 3.63) is 95.8 Å². The fraction of sp³-hybridized carbons (Fsp3) is 0.250. The van der Waals surface area contributed by atoms with E-state index in [1.54, 1.807) is 17.3 Å². The number of hydrogen-bond donors (Lipinski definition) is 2. The molecule has 1 saturated heterocycles. The van der Waals surface area contributed by atoms with Crippen LogP contribution in [-0.4, -0.2) is 42.1 Å². The second-order valence-electron chi connectivity index (χ2n) is 7.28. The second kappa shape index (κ2) is 12.9. The number of ether oxygens (including phenoxy) is 1. The van der Waals surface area contributed by atoms with Gasteiger partial charge in [-0.05, 0) is 29.7 Å². The number of nitrogens with one attached hydrogen (secondary N) is 2. The lowest BCUT2D eigenvalue weighted by molar-refractivity contribution is 0.140. The van der Waals surface area contributed by atoms with Crippen LogP contribution >= 0.6 is 24.8 Å². The Kier molecular flexibility index (Phi) is 10.3. The quantitative estimate of drug-likeness (QED) is 0.525. The van der Waals surface area contributed by atoms with Crippen LogP contribution < -0.4 is 15.4 Å². The molecule has 3 aromatic rings. The molecule has 8 heteroatoms. The van der Waals surface area contributed by atoms with Crippen molar-refractivity contribution in [3.8, 4) is 5.75 Å². The normalized spacial score (nSPS) is 13.8. The fourth-order valence-corrected chi connectivity index (χ4v) is 3.45. The number of piperazine rings is 1. The molecule has 1 aromatic heterocycles. The Hall–Kier alpha value is -2.80. The predicted octanol–water partition coefficient (Wildman–Crippen LogP) is 4.21. The molecule has 0 aliphatic carbocycles. The van der Waals surface area contributed by atoms with Crippen molar-refractivity contribution in [2.45, 2.75) is 12.6 Å². The number of amides is 2. The molecule has 2 amide bonds. The molecule has 0 saturated carbocycles. The molecule has 4 rings (SSSR count). The molecular weight excluding hydrogens is 447 g/mol. The number of carbonyl (C=O) groups is 1. The van der Waals surface area contributed by atoms with E-state index in [0.717, 1.165) is 25.1 Å². The third-order valence-corrected chi connectivity index (χ3v) is 5.08. The van der Waals surface area contributed by atoms with Gasteiger partial charge in [0.25, 0.3) is 0 Å². The molecule has 1 aliphatic rings. The van der Waals surface area contributed by atoms with Gasteiger partial charge in [0, 0.05) is 37.9 Å². The van der Waals surface area contributed by atoms with Gasteiger partial charge >= 0.3 is 6.03 Å². The van der Waals surface area contributed by atoms with Crippen molar-refractivity contribution in [1.29, 1.82) is 0 Å². The number of rotatable bonds is 6.